The molecule has 3 nitrogen and oxygen atoms in total. The molecular weight excluding hydrogens is 250 g/mol. The zero-order chi connectivity index (χ0) is 14.4. The van der Waals surface area contributed by atoms with Crippen LogP contribution in [0.3, 0.4) is 0 Å². The first-order valence-electron chi connectivity index (χ1n) is 7.21. The summed E-state index contributed by atoms with van der Waals surface area (Å²) < 4.78 is 5.54. The predicted octanol–water partition coefficient (Wildman–Crippen LogP) is 3.27. The molecule has 0 amide bonds. The van der Waals surface area contributed by atoms with E-state index in [0.29, 0.717) is 6.42 Å². The first kappa shape index (κ1) is 14.8. The molecule has 3 heteroatoms. The highest BCUT2D eigenvalue weighted by Crippen LogP contribution is 2.34. The highest BCUT2D eigenvalue weighted by molar-refractivity contribution is 5.88. The predicted molar refractivity (Wildman–Crippen MR) is 83.2 cm³/mol. The maximum atomic E-state index is 9.35. The Morgan fingerprint density at radius 1 is 1.20 bits per heavy atom. The number of hydrogen-bond donors (Lipinski definition) is 2. The van der Waals surface area contributed by atoms with Gasteiger partial charge in [0, 0.05) is 18.2 Å². The molecule has 0 aliphatic carbocycles. The average molecular weight is 273 g/mol. The van der Waals surface area contributed by atoms with Crippen LogP contribution in [-0.4, -0.2) is 25.4 Å². The smallest absolute Gasteiger partial charge is 0.124 e. The zero-order valence-corrected chi connectivity index (χ0v) is 12.2. The first-order valence-corrected chi connectivity index (χ1v) is 7.21. The molecule has 108 valence electrons. The van der Waals surface area contributed by atoms with Crippen molar-refractivity contribution in [1.82, 2.24) is 5.32 Å². The summed E-state index contributed by atoms with van der Waals surface area (Å²) in [5, 5.41) is 15.3. The Balaban J connectivity index is 2.51. The minimum Gasteiger partial charge on any atom is -0.496 e. The molecule has 20 heavy (non-hydrogen) atoms. The third-order valence-electron chi connectivity index (χ3n) is 3.56. The highest BCUT2D eigenvalue weighted by atomic mass is 16.5. The van der Waals surface area contributed by atoms with Crippen LogP contribution in [0.1, 0.15) is 31.4 Å². The van der Waals surface area contributed by atoms with Gasteiger partial charge in [0.1, 0.15) is 5.75 Å². The van der Waals surface area contributed by atoms with Gasteiger partial charge in [-0.05, 0) is 36.2 Å². The van der Waals surface area contributed by atoms with Crippen LogP contribution < -0.4 is 10.1 Å². The van der Waals surface area contributed by atoms with Crippen LogP contribution in [0.15, 0.2) is 36.4 Å². The Bertz CT molecular complexity index is 554. The molecular formula is C17H23NO2. The molecule has 2 aromatic rings. The molecule has 0 aliphatic heterocycles. The number of fused-ring (bicyclic) bond motifs is 1. The van der Waals surface area contributed by atoms with E-state index in [2.05, 4.69) is 30.4 Å². The Morgan fingerprint density at radius 3 is 2.70 bits per heavy atom. The summed E-state index contributed by atoms with van der Waals surface area (Å²) in [5.41, 5.74) is 1.15. The lowest BCUT2D eigenvalue weighted by Gasteiger charge is -2.22. The quantitative estimate of drug-likeness (QED) is 0.813. The van der Waals surface area contributed by atoms with Gasteiger partial charge in [-0.15, -0.1) is 0 Å². The minimum absolute atomic E-state index is 0.112. The Hall–Kier alpha value is -1.58. The molecule has 0 heterocycles. The van der Waals surface area contributed by atoms with Crippen molar-refractivity contribution in [2.24, 2.45) is 0 Å². The Labute approximate surface area is 120 Å². The molecule has 1 unspecified atom stereocenters. The van der Waals surface area contributed by atoms with E-state index in [0.717, 1.165) is 24.3 Å². The average Bonchev–Trinajstić information content (AvgIpc) is 2.50. The van der Waals surface area contributed by atoms with Gasteiger partial charge >= 0.3 is 0 Å². The van der Waals surface area contributed by atoms with Crippen molar-refractivity contribution < 1.29 is 9.84 Å². The maximum absolute atomic E-state index is 9.35. The van der Waals surface area contributed by atoms with E-state index in [9.17, 15) is 5.11 Å². The molecule has 2 rings (SSSR count). The number of rotatable bonds is 7. The maximum Gasteiger partial charge on any atom is 0.124 e. The van der Waals surface area contributed by atoms with E-state index >= 15 is 0 Å². The van der Waals surface area contributed by atoms with Crippen molar-refractivity contribution >= 4 is 10.8 Å². The summed E-state index contributed by atoms with van der Waals surface area (Å²) in [6, 6.07) is 12.5. The van der Waals surface area contributed by atoms with E-state index in [4.69, 9.17) is 4.74 Å². The van der Waals surface area contributed by atoms with Crippen LogP contribution in [0.5, 0.6) is 5.75 Å². The molecule has 2 aromatic carbocycles. The van der Waals surface area contributed by atoms with E-state index in [1.54, 1.807) is 7.11 Å². The minimum atomic E-state index is 0.112. The molecule has 0 spiro atoms. The number of aliphatic hydroxyl groups excluding tert-OH is 1. The molecule has 0 saturated heterocycles. The summed E-state index contributed by atoms with van der Waals surface area (Å²) in [6.07, 6.45) is 1.75. The lowest BCUT2D eigenvalue weighted by molar-refractivity contribution is 0.264. The molecule has 0 fully saturated rings. The van der Waals surface area contributed by atoms with Gasteiger partial charge in [-0.2, -0.15) is 0 Å². The molecule has 0 saturated carbocycles. The van der Waals surface area contributed by atoms with Crippen LogP contribution in [0.4, 0.5) is 0 Å². The fraction of sp³-hybridized carbons (Fsp3) is 0.412. The van der Waals surface area contributed by atoms with Crippen LogP contribution in [-0.2, 0) is 0 Å². The van der Waals surface area contributed by atoms with Crippen LogP contribution >= 0.6 is 0 Å². The lowest BCUT2D eigenvalue weighted by atomic mass is 9.95. The number of ether oxygens (including phenoxy) is 1. The molecule has 0 aromatic heterocycles. The van der Waals surface area contributed by atoms with Gasteiger partial charge in [0.2, 0.25) is 0 Å². The van der Waals surface area contributed by atoms with Crippen molar-refractivity contribution in [3.8, 4) is 5.75 Å². The normalized spacial score (nSPS) is 12.6. The SMILES string of the molecule is CCCNC(CCO)c1c(OC)ccc2ccccc12. The van der Waals surface area contributed by atoms with Crippen molar-refractivity contribution in [3.05, 3.63) is 42.0 Å². The van der Waals surface area contributed by atoms with Gasteiger partial charge in [-0.1, -0.05) is 37.3 Å². The van der Waals surface area contributed by atoms with Crippen LogP contribution in [0, 0.1) is 0 Å². The van der Waals surface area contributed by atoms with E-state index < -0.39 is 0 Å². The van der Waals surface area contributed by atoms with Gasteiger partial charge in [0.15, 0.2) is 0 Å². The molecule has 2 N–H and O–H groups in total. The van der Waals surface area contributed by atoms with E-state index in [1.807, 2.05) is 18.2 Å². The summed E-state index contributed by atoms with van der Waals surface area (Å²) in [7, 11) is 1.70. The fourth-order valence-electron chi connectivity index (χ4n) is 2.61. The van der Waals surface area contributed by atoms with Gasteiger partial charge in [-0.25, -0.2) is 0 Å². The summed E-state index contributed by atoms with van der Waals surface area (Å²) in [6.45, 7) is 3.23. The number of benzene rings is 2. The molecule has 0 bridgehead atoms. The zero-order valence-electron chi connectivity index (χ0n) is 12.2. The summed E-state index contributed by atoms with van der Waals surface area (Å²) in [5.74, 6) is 0.880. The van der Waals surface area contributed by atoms with E-state index in [-0.39, 0.29) is 12.6 Å². The van der Waals surface area contributed by atoms with Crippen LogP contribution in [0.2, 0.25) is 0 Å². The van der Waals surface area contributed by atoms with Crippen molar-refractivity contribution in [3.63, 3.8) is 0 Å². The van der Waals surface area contributed by atoms with Gasteiger partial charge < -0.3 is 15.2 Å². The molecule has 1 atom stereocenters. The third-order valence-corrected chi connectivity index (χ3v) is 3.56. The van der Waals surface area contributed by atoms with E-state index in [1.165, 1.54) is 10.8 Å². The van der Waals surface area contributed by atoms with Crippen molar-refractivity contribution in [2.75, 3.05) is 20.3 Å². The van der Waals surface area contributed by atoms with Crippen LogP contribution in [0.25, 0.3) is 10.8 Å². The second-order valence-electron chi connectivity index (χ2n) is 4.92. The summed E-state index contributed by atoms with van der Waals surface area (Å²) in [4.78, 5) is 0. The Morgan fingerprint density at radius 2 is 2.00 bits per heavy atom. The number of aliphatic hydroxyl groups is 1. The number of hydrogen-bond acceptors (Lipinski definition) is 3. The number of methoxy groups -OCH3 is 1. The van der Waals surface area contributed by atoms with Crippen molar-refractivity contribution in [2.45, 2.75) is 25.8 Å². The third kappa shape index (κ3) is 3.11. The van der Waals surface area contributed by atoms with Crippen molar-refractivity contribution in [1.29, 1.82) is 0 Å². The van der Waals surface area contributed by atoms with Gasteiger partial charge in [-0.3, -0.25) is 0 Å². The topological polar surface area (TPSA) is 41.5 Å². The fourth-order valence-corrected chi connectivity index (χ4v) is 2.61. The largest absolute Gasteiger partial charge is 0.496 e. The monoisotopic (exact) mass is 273 g/mol. The second-order valence-corrected chi connectivity index (χ2v) is 4.92. The van der Waals surface area contributed by atoms with Gasteiger partial charge in [0.25, 0.3) is 0 Å². The second kappa shape index (κ2) is 7.27. The van der Waals surface area contributed by atoms with Gasteiger partial charge in [0.05, 0.1) is 7.11 Å². The summed E-state index contributed by atoms with van der Waals surface area (Å²) >= 11 is 0. The number of nitrogens with one attached hydrogen (secondary N) is 1. The highest BCUT2D eigenvalue weighted by Gasteiger charge is 2.18. The Kier molecular flexibility index (Phi) is 5.39. The standard InChI is InChI=1S/C17H23NO2/c1-3-11-18-15(10-12-19)17-14-7-5-4-6-13(14)8-9-16(17)20-2/h4-9,15,18-19H,3,10-12H2,1-2H3. The molecule has 0 radical (unpaired) electrons. The lowest BCUT2D eigenvalue weighted by Crippen LogP contribution is -2.24. The molecule has 0 aliphatic rings. The first-order chi connectivity index (χ1) is 9.81.